The number of anilines is 2. The Morgan fingerprint density at radius 1 is 1.43 bits per heavy atom. The number of nitrogens with one attached hydrogen (secondary N) is 1. The van der Waals surface area contributed by atoms with Crippen molar-refractivity contribution in [3.05, 3.63) is 12.4 Å². The Labute approximate surface area is 124 Å². The molecule has 2 heterocycles. The Hall–Kier alpha value is -1.85. The van der Waals surface area contributed by atoms with Gasteiger partial charge < -0.3 is 15.3 Å². The number of carbonyl (C=O) groups is 1. The van der Waals surface area contributed by atoms with Gasteiger partial charge in [0.1, 0.15) is 18.0 Å². The lowest BCUT2D eigenvalue weighted by Crippen LogP contribution is -2.43. The average Bonchev–Trinajstić information content (AvgIpc) is 3.29. The molecule has 2 N–H and O–H groups in total. The molecule has 2 unspecified atom stereocenters. The van der Waals surface area contributed by atoms with Crippen molar-refractivity contribution in [1.82, 2.24) is 9.97 Å². The standard InChI is InChI=1S/C15H22N4O2/c1-10-4-12(15(20)21)8-19(7-10)14-5-13(17-9-18-14)16-6-11-2-3-11/h5,9-12H,2-4,6-8H2,1H3,(H,20,21)(H,16,17,18). The first kappa shape index (κ1) is 14.1. The third kappa shape index (κ3) is 3.62. The van der Waals surface area contributed by atoms with Crippen molar-refractivity contribution in [1.29, 1.82) is 0 Å². The van der Waals surface area contributed by atoms with Crippen molar-refractivity contribution in [2.45, 2.75) is 26.2 Å². The van der Waals surface area contributed by atoms with E-state index in [2.05, 4.69) is 27.1 Å². The van der Waals surface area contributed by atoms with Crippen molar-refractivity contribution >= 4 is 17.6 Å². The zero-order chi connectivity index (χ0) is 14.8. The SMILES string of the molecule is CC1CC(C(=O)O)CN(c2cc(NCC3CC3)ncn2)C1. The zero-order valence-corrected chi connectivity index (χ0v) is 12.3. The number of carboxylic acids is 1. The summed E-state index contributed by atoms with van der Waals surface area (Å²) in [5.74, 6) is 1.77. The summed E-state index contributed by atoms with van der Waals surface area (Å²) < 4.78 is 0. The maximum atomic E-state index is 11.3. The van der Waals surface area contributed by atoms with Gasteiger partial charge in [0.25, 0.3) is 0 Å². The van der Waals surface area contributed by atoms with Gasteiger partial charge in [-0.2, -0.15) is 0 Å². The van der Waals surface area contributed by atoms with Crippen LogP contribution in [-0.4, -0.2) is 40.7 Å². The van der Waals surface area contributed by atoms with Crippen LogP contribution in [0.2, 0.25) is 0 Å². The molecule has 0 amide bonds. The molecule has 0 aromatic carbocycles. The van der Waals surface area contributed by atoms with Gasteiger partial charge in [0.2, 0.25) is 0 Å². The second kappa shape index (κ2) is 5.87. The van der Waals surface area contributed by atoms with Gasteiger partial charge in [-0.15, -0.1) is 0 Å². The molecule has 1 aromatic heterocycles. The third-order valence-corrected chi connectivity index (χ3v) is 4.25. The van der Waals surface area contributed by atoms with Gasteiger partial charge >= 0.3 is 5.97 Å². The Balaban J connectivity index is 1.69. The van der Waals surface area contributed by atoms with Crippen molar-refractivity contribution in [2.75, 3.05) is 29.9 Å². The molecule has 1 aliphatic heterocycles. The van der Waals surface area contributed by atoms with Crippen LogP contribution in [-0.2, 0) is 4.79 Å². The summed E-state index contributed by atoms with van der Waals surface area (Å²) >= 11 is 0. The van der Waals surface area contributed by atoms with Crippen LogP contribution in [0.5, 0.6) is 0 Å². The number of aromatic nitrogens is 2. The van der Waals surface area contributed by atoms with E-state index in [0.717, 1.165) is 37.1 Å². The normalized spacial score (nSPS) is 25.7. The quantitative estimate of drug-likeness (QED) is 0.861. The van der Waals surface area contributed by atoms with Gasteiger partial charge in [-0.25, -0.2) is 9.97 Å². The molecule has 2 fully saturated rings. The lowest BCUT2D eigenvalue weighted by molar-refractivity contribution is -0.142. The molecule has 1 aromatic rings. The molecule has 2 aliphatic rings. The van der Waals surface area contributed by atoms with Crippen LogP contribution in [0.3, 0.4) is 0 Å². The molecule has 1 saturated heterocycles. The van der Waals surface area contributed by atoms with E-state index in [4.69, 9.17) is 0 Å². The second-order valence-corrected chi connectivity index (χ2v) is 6.37. The number of rotatable bonds is 5. The molecule has 114 valence electrons. The highest BCUT2D eigenvalue weighted by atomic mass is 16.4. The number of nitrogens with zero attached hydrogens (tertiary/aromatic N) is 3. The highest BCUT2D eigenvalue weighted by Crippen LogP contribution is 2.29. The molecule has 0 bridgehead atoms. The molecular formula is C15H22N4O2. The monoisotopic (exact) mass is 290 g/mol. The first-order valence-corrected chi connectivity index (χ1v) is 7.65. The summed E-state index contributed by atoms with van der Waals surface area (Å²) in [6.45, 7) is 4.43. The van der Waals surface area contributed by atoms with E-state index < -0.39 is 5.97 Å². The Bertz CT molecular complexity index is 518. The summed E-state index contributed by atoms with van der Waals surface area (Å²) in [5.41, 5.74) is 0. The number of aliphatic carboxylic acids is 1. The predicted octanol–water partition coefficient (Wildman–Crippen LogP) is 1.85. The average molecular weight is 290 g/mol. The minimum atomic E-state index is -0.715. The number of hydrogen-bond donors (Lipinski definition) is 2. The van der Waals surface area contributed by atoms with Crippen molar-refractivity contribution in [3.8, 4) is 0 Å². The Kier molecular flexibility index (Phi) is 3.94. The fourth-order valence-electron chi connectivity index (χ4n) is 2.91. The van der Waals surface area contributed by atoms with Gasteiger partial charge in [-0.05, 0) is 31.1 Å². The van der Waals surface area contributed by atoms with E-state index >= 15 is 0 Å². The third-order valence-electron chi connectivity index (χ3n) is 4.25. The fourth-order valence-corrected chi connectivity index (χ4v) is 2.91. The maximum absolute atomic E-state index is 11.3. The lowest BCUT2D eigenvalue weighted by Gasteiger charge is -2.35. The summed E-state index contributed by atoms with van der Waals surface area (Å²) in [6.07, 6.45) is 4.90. The number of piperidine rings is 1. The molecular weight excluding hydrogens is 268 g/mol. The highest BCUT2D eigenvalue weighted by molar-refractivity contribution is 5.71. The number of hydrogen-bond acceptors (Lipinski definition) is 5. The molecule has 0 radical (unpaired) electrons. The van der Waals surface area contributed by atoms with E-state index in [1.54, 1.807) is 6.33 Å². The van der Waals surface area contributed by atoms with Crippen molar-refractivity contribution in [2.24, 2.45) is 17.8 Å². The summed E-state index contributed by atoms with van der Waals surface area (Å²) in [4.78, 5) is 21.9. The van der Waals surface area contributed by atoms with Crippen LogP contribution in [0, 0.1) is 17.8 Å². The Morgan fingerprint density at radius 3 is 2.95 bits per heavy atom. The molecule has 21 heavy (non-hydrogen) atoms. The molecule has 3 rings (SSSR count). The van der Waals surface area contributed by atoms with Crippen molar-refractivity contribution < 1.29 is 9.90 Å². The summed E-state index contributed by atoms with van der Waals surface area (Å²) in [6, 6.07) is 1.93. The highest BCUT2D eigenvalue weighted by Gasteiger charge is 2.30. The van der Waals surface area contributed by atoms with Gasteiger partial charge in [-0.1, -0.05) is 6.92 Å². The van der Waals surface area contributed by atoms with Gasteiger partial charge in [0.05, 0.1) is 5.92 Å². The fraction of sp³-hybridized carbons (Fsp3) is 0.667. The largest absolute Gasteiger partial charge is 0.481 e. The molecule has 6 heteroatoms. The number of carboxylic acid groups (broad SMARTS) is 1. The molecule has 2 atom stereocenters. The van der Waals surface area contributed by atoms with Crippen LogP contribution in [0.15, 0.2) is 12.4 Å². The summed E-state index contributed by atoms with van der Waals surface area (Å²) in [5, 5.41) is 12.6. The van der Waals surface area contributed by atoms with Crippen LogP contribution in [0.1, 0.15) is 26.2 Å². The van der Waals surface area contributed by atoms with Gasteiger partial charge in [0, 0.05) is 25.7 Å². The first-order valence-electron chi connectivity index (χ1n) is 7.65. The van der Waals surface area contributed by atoms with Crippen LogP contribution >= 0.6 is 0 Å². The Morgan fingerprint density at radius 2 is 2.24 bits per heavy atom. The van der Waals surface area contributed by atoms with Crippen LogP contribution in [0.4, 0.5) is 11.6 Å². The zero-order valence-electron chi connectivity index (χ0n) is 12.3. The predicted molar refractivity (Wildman–Crippen MR) is 80.4 cm³/mol. The van der Waals surface area contributed by atoms with Gasteiger partial charge in [-0.3, -0.25) is 4.79 Å². The van der Waals surface area contributed by atoms with Crippen molar-refractivity contribution in [3.63, 3.8) is 0 Å². The summed E-state index contributed by atoms with van der Waals surface area (Å²) in [7, 11) is 0. The van der Waals surface area contributed by atoms with E-state index in [1.807, 2.05) is 6.07 Å². The molecule has 6 nitrogen and oxygen atoms in total. The van der Waals surface area contributed by atoms with E-state index in [0.29, 0.717) is 12.5 Å². The smallest absolute Gasteiger partial charge is 0.308 e. The van der Waals surface area contributed by atoms with E-state index in [9.17, 15) is 9.90 Å². The minimum Gasteiger partial charge on any atom is -0.481 e. The lowest BCUT2D eigenvalue weighted by atomic mass is 9.90. The topological polar surface area (TPSA) is 78.4 Å². The minimum absolute atomic E-state index is 0.313. The van der Waals surface area contributed by atoms with Crippen LogP contribution in [0.25, 0.3) is 0 Å². The first-order chi connectivity index (χ1) is 10.1. The van der Waals surface area contributed by atoms with Crippen LogP contribution < -0.4 is 10.2 Å². The molecule has 1 aliphatic carbocycles. The second-order valence-electron chi connectivity index (χ2n) is 6.37. The molecule has 0 spiro atoms. The van der Waals surface area contributed by atoms with E-state index in [-0.39, 0.29) is 5.92 Å². The maximum Gasteiger partial charge on any atom is 0.308 e. The molecule has 1 saturated carbocycles. The van der Waals surface area contributed by atoms with Gasteiger partial charge in [0.15, 0.2) is 0 Å². The van der Waals surface area contributed by atoms with E-state index in [1.165, 1.54) is 12.8 Å².